The van der Waals surface area contributed by atoms with Crippen LogP contribution in [0, 0.1) is 0 Å². The van der Waals surface area contributed by atoms with E-state index < -0.39 is 12.0 Å². The third kappa shape index (κ3) is 2.89. The van der Waals surface area contributed by atoms with Crippen molar-refractivity contribution in [1.82, 2.24) is 9.88 Å². The van der Waals surface area contributed by atoms with Gasteiger partial charge in [0.25, 0.3) is 5.91 Å². The normalized spacial score (nSPS) is 19.2. The predicted octanol–water partition coefficient (Wildman–Crippen LogP) is 1.88. The van der Waals surface area contributed by atoms with Gasteiger partial charge < -0.3 is 10.0 Å². The number of aromatic nitrogens is 1. The van der Waals surface area contributed by atoms with Crippen molar-refractivity contribution in [3.8, 4) is 0 Å². The monoisotopic (exact) mass is 280 g/mol. The number of nitrogens with zero attached hydrogens (tertiary/aromatic N) is 2. The molecule has 102 valence electrons. The lowest BCUT2D eigenvalue weighted by atomic mass is 10.0. The first-order valence-corrected chi connectivity index (χ1v) is 7.40. The zero-order valence-electron chi connectivity index (χ0n) is 10.7. The van der Waals surface area contributed by atoms with E-state index >= 15 is 0 Å². The highest BCUT2D eigenvalue weighted by Crippen LogP contribution is 2.23. The van der Waals surface area contributed by atoms with Crippen LogP contribution in [0.4, 0.5) is 0 Å². The third-order valence-corrected chi connectivity index (χ3v) is 3.96. The number of hydrogen-bond acceptors (Lipinski definition) is 4. The average Bonchev–Trinajstić information content (AvgIpc) is 2.46. The lowest BCUT2D eigenvalue weighted by Gasteiger charge is -2.33. The van der Waals surface area contributed by atoms with E-state index in [-0.39, 0.29) is 5.91 Å². The SMILES string of the molecule is CSc1ncccc1C(=O)N1CCCCC1C(=O)O. The average molecular weight is 280 g/mol. The Kier molecular flexibility index (Phi) is 4.42. The van der Waals surface area contributed by atoms with Crippen LogP contribution >= 0.6 is 11.8 Å². The fourth-order valence-corrected chi connectivity index (χ4v) is 2.84. The van der Waals surface area contributed by atoms with E-state index in [0.29, 0.717) is 23.6 Å². The van der Waals surface area contributed by atoms with Crippen molar-refractivity contribution in [2.75, 3.05) is 12.8 Å². The van der Waals surface area contributed by atoms with E-state index in [0.717, 1.165) is 12.8 Å². The molecule has 1 aromatic rings. The zero-order valence-corrected chi connectivity index (χ0v) is 11.5. The van der Waals surface area contributed by atoms with Gasteiger partial charge in [-0.15, -0.1) is 11.8 Å². The summed E-state index contributed by atoms with van der Waals surface area (Å²) in [5.74, 6) is -1.16. The van der Waals surface area contributed by atoms with Gasteiger partial charge in [-0.1, -0.05) is 0 Å². The number of carboxylic acids is 1. The fourth-order valence-electron chi connectivity index (χ4n) is 2.30. The van der Waals surface area contributed by atoms with Crippen molar-refractivity contribution < 1.29 is 14.7 Å². The summed E-state index contributed by atoms with van der Waals surface area (Å²) in [6.07, 6.45) is 5.71. The molecule has 0 aliphatic carbocycles. The van der Waals surface area contributed by atoms with Gasteiger partial charge in [0.05, 0.1) is 5.56 Å². The Hall–Kier alpha value is -1.56. The third-order valence-electron chi connectivity index (χ3n) is 3.24. The molecule has 6 heteroatoms. The van der Waals surface area contributed by atoms with Crippen LogP contribution in [0.3, 0.4) is 0 Å². The molecular formula is C13H16N2O3S. The zero-order chi connectivity index (χ0) is 13.8. The van der Waals surface area contributed by atoms with Crippen molar-refractivity contribution in [2.24, 2.45) is 0 Å². The molecule has 5 nitrogen and oxygen atoms in total. The Labute approximate surface area is 116 Å². The van der Waals surface area contributed by atoms with Gasteiger partial charge >= 0.3 is 5.97 Å². The van der Waals surface area contributed by atoms with Crippen LogP contribution in [0.2, 0.25) is 0 Å². The van der Waals surface area contributed by atoms with Gasteiger partial charge in [-0.2, -0.15) is 0 Å². The molecule has 2 heterocycles. The summed E-state index contributed by atoms with van der Waals surface area (Å²) in [6.45, 7) is 0.499. The van der Waals surface area contributed by atoms with E-state index in [2.05, 4.69) is 4.98 Å². The molecule has 1 N–H and O–H groups in total. The Bertz CT molecular complexity index is 493. The van der Waals surface area contributed by atoms with Crippen LogP contribution in [0.5, 0.6) is 0 Å². The number of aliphatic carboxylic acids is 1. The maximum atomic E-state index is 12.5. The van der Waals surface area contributed by atoms with Gasteiger partial charge in [0.2, 0.25) is 0 Å². The second-order valence-corrected chi connectivity index (χ2v) is 5.20. The molecule has 1 atom stereocenters. The molecule has 0 spiro atoms. The number of rotatable bonds is 3. The molecule has 0 aromatic carbocycles. The van der Waals surface area contributed by atoms with Crippen molar-refractivity contribution in [3.63, 3.8) is 0 Å². The summed E-state index contributed by atoms with van der Waals surface area (Å²) in [7, 11) is 0. The van der Waals surface area contributed by atoms with Crippen LogP contribution in [0.25, 0.3) is 0 Å². The van der Waals surface area contributed by atoms with Gasteiger partial charge in [-0.25, -0.2) is 9.78 Å². The Morgan fingerprint density at radius 1 is 1.47 bits per heavy atom. The summed E-state index contributed by atoms with van der Waals surface area (Å²) in [5.41, 5.74) is 0.489. The molecule has 2 rings (SSSR count). The number of carbonyl (C=O) groups excluding carboxylic acids is 1. The molecule has 1 saturated heterocycles. The van der Waals surface area contributed by atoms with Crippen LogP contribution in [-0.2, 0) is 4.79 Å². The quantitative estimate of drug-likeness (QED) is 0.856. The van der Waals surface area contributed by atoms with Crippen LogP contribution in [0.15, 0.2) is 23.4 Å². The van der Waals surface area contributed by atoms with Crippen molar-refractivity contribution in [2.45, 2.75) is 30.3 Å². The van der Waals surface area contributed by atoms with Gasteiger partial charge in [0, 0.05) is 12.7 Å². The largest absolute Gasteiger partial charge is 0.480 e. The molecule has 1 aromatic heterocycles. The number of amides is 1. The standard InChI is InChI=1S/C13H16N2O3S/c1-19-11-9(5-4-7-14-11)12(16)15-8-3-2-6-10(15)13(17)18/h4-5,7,10H,2-3,6,8H2,1H3,(H,17,18). The molecule has 0 saturated carbocycles. The summed E-state index contributed by atoms with van der Waals surface area (Å²) in [5, 5.41) is 9.86. The molecule has 0 bridgehead atoms. The minimum Gasteiger partial charge on any atom is -0.480 e. The Morgan fingerprint density at radius 2 is 2.26 bits per heavy atom. The summed E-state index contributed by atoms with van der Waals surface area (Å²) < 4.78 is 0. The molecular weight excluding hydrogens is 264 g/mol. The highest BCUT2D eigenvalue weighted by atomic mass is 32.2. The van der Waals surface area contributed by atoms with Crippen LogP contribution in [-0.4, -0.2) is 45.7 Å². The van der Waals surface area contributed by atoms with Crippen molar-refractivity contribution in [1.29, 1.82) is 0 Å². The van der Waals surface area contributed by atoms with Gasteiger partial charge in [0.15, 0.2) is 0 Å². The Morgan fingerprint density at radius 3 is 2.95 bits per heavy atom. The number of pyridine rings is 1. The van der Waals surface area contributed by atoms with Crippen molar-refractivity contribution >= 4 is 23.6 Å². The van der Waals surface area contributed by atoms with Crippen molar-refractivity contribution in [3.05, 3.63) is 23.9 Å². The molecule has 1 unspecified atom stereocenters. The minimum atomic E-state index is -0.928. The number of carbonyl (C=O) groups is 2. The van der Waals surface area contributed by atoms with E-state index in [9.17, 15) is 14.7 Å². The topological polar surface area (TPSA) is 70.5 Å². The lowest BCUT2D eigenvalue weighted by molar-refractivity contribution is -0.143. The molecule has 0 radical (unpaired) electrons. The summed E-state index contributed by atoms with van der Waals surface area (Å²) in [4.78, 5) is 29.4. The molecule has 1 aliphatic heterocycles. The fraction of sp³-hybridized carbons (Fsp3) is 0.462. The van der Waals surface area contributed by atoms with Gasteiger partial charge in [-0.05, 0) is 37.7 Å². The smallest absolute Gasteiger partial charge is 0.326 e. The first-order valence-electron chi connectivity index (χ1n) is 6.18. The molecule has 19 heavy (non-hydrogen) atoms. The van der Waals surface area contributed by atoms with E-state index in [4.69, 9.17) is 0 Å². The van der Waals surface area contributed by atoms with Gasteiger partial charge in [-0.3, -0.25) is 4.79 Å². The molecule has 1 amide bonds. The first-order chi connectivity index (χ1) is 9.15. The van der Waals surface area contributed by atoms with E-state index in [1.807, 2.05) is 6.26 Å². The minimum absolute atomic E-state index is 0.232. The van der Waals surface area contributed by atoms with Gasteiger partial charge in [0.1, 0.15) is 11.1 Å². The van der Waals surface area contributed by atoms with E-state index in [1.165, 1.54) is 16.7 Å². The first kappa shape index (κ1) is 13.9. The lowest BCUT2D eigenvalue weighted by Crippen LogP contribution is -2.48. The summed E-state index contributed by atoms with van der Waals surface area (Å²) >= 11 is 1.39. The van der Waals surface area contributed by atoms with Crippen LogP contribution < -0.4 is 0 Å². The Balaban J connectivity index is 2.29. The second kappa shape index (κ2) is 6.06. The maximum Gasteiger partial charge on any atom is 0.326 e. The number of hydrogen-bond donors (Lipinski definition) is 1. The number of piperidine rings is 1. The summed E-state index contributed by atoms with van der Waals surface area (Å²) in [6, 6.07) is 2.69. The molecule has 1 aliphatic rings. The predicted molar refractivity (Wildman–Crippen MR) is 72.3 cm³/mol. The number of thioether (sulfide) groups is 1. The second-order valence-electron chi connectivity index (χ2n) is 4.41. The maximum absolute atomic E-state index is 12.5. The highest BCUT2D eigenvalue weighted by Gasteiger charge is 2.33. The van der Waals surface area contributed by atoms with E-state index in [1.54, 1.807) is 18.3 Å². The highest BCUT2D eigenvalue weighted by molar-refractivity contribution is 7.98. The van der Waals surface area contributed by atoms with Crippen LogP contribution in [0.1, 0.15) is 29.6 Å². The molecule has 1 fully saturated rings. The number of likely N-dealkylation sites (tertiary alicyclic amines) is 1. The number of carboxylic acid groups (broad SMARTS) is 1.